The van der Waals surface area contributed by atoms with Gasteiger partial charge in [-0.15, -0.1) is 0 Å². The number of nitrogens with one attached hydrogen (secondary N) is 1. The molecular weight excluding hydrogens is 366 g/mol. The third-order valence-electron chi connectivity index (χ3n) is 3.98. The van der Waals surface area contributed by atoms with Crippen LogP contribution >= 0.6 is 0 Å². The number of carboxylic acid groups (broad SMARTS) is 1. The molecule has 0 radical (unpaired) electrons. The summed E-state index contributed by atoms with van der Waals surface area (Å²) in [7, 11) is 0. The Bertz CT molecular complexity index is 438. The quantitative estimate of drug-likeness (QED) is 0.149. The van der Waals surface area contributed by atoms with Crippen molar-refractivity contribution in [2.75, 3.05) is 26.3 Å². The first-order valence-electron chi connectivity index (χ1n) is 11.0. The number of carboxylic acids is 1. The predicted octanol–water partition coefficient (Wildman–Crippen LogP) is 4.78. The van der Waals surface area contributed by atoms with Crippen LogP contribution in [0.2, 0.25) is 0 Å². The highest BCUT2D eigenvalue weighted by atomic mass is 16.4. The average Bonchev–Trinajstić information content (AvgIpc) is 2.71. The van der Waals surface area contributed by atoms with Gasteiger partial charge in [-0.3, -0.25) is 0 Å². The van der Waals surface area contributed by atoms with Crippen LogP contribution in [0.1, 0.15) is 71.1 Å². The van der Waals surface area contributed by atoms with Crippen molar-refractivity contribution in [3.63, 3.8) is 0 Å². The van der Waals surface area contributed by atoms with Gasteiger partial charge in [0.2, 0.25) is 0 Å². The van der Waals surface area contributed by atoms with Crippen LogP contribution in [0.25, 0.3) is 0 Å². The van der Waals surface area contributed by atoms with Gasteiger partial charge in [0, 0.05) is 19.2 Å². The maximum Gasteiger partial charge on any atom is 0.328 e. The second-order valence-corrected chi connectivity index (χ2v) is 6.71. The lowest BCUT2D eigenvalue weighted by Gasteiger charge is -2.00. The molecule has 0 rings (SSSR count). The van der Waals surface area contributed by atoms with Gasteiger partial charge >= 0.3 is 5.97 Å². The zero-order valence-corrected chi connectivity index (χ0v) is 18.3. The zero-order chi connectivity index (χ0) is 21.8. The molecule has 0 saturated carbocycles. The zero-order valence-electron chi connectivity index (χ0n) is 18.3. The molecule has 0 spiro atoms. The van der Waals surface area contributed by atoms with E-state index in [9.17, 15) is 4.79 Å². The Labute approximate surface area is 177 Å². The van der Waals surface area contributed by atoms with Crippen LogP contribution in [0.4, 0.5) is 0 Å². The van der Waals surface area contributed by atoms with E-state index in [1.165, 1.54) is 63.9 Å². The minimum atomic E-state index is -0.922. The molecule has 0 aliphatic heterocycles. The minimum Gasteiger partial charge on any atom is -0.478 e. The number of rotatable bonds is 18. The molecule has 0 unspecified atom stereocenters. The Morgan fingerprint density at radius 3 is 1.72 bits per heavy atom. The van der Waals surface area contributed by atoms with E-state index in [0.29, 0.717) is 13.1 Å². The lowest BCUT2D eigenvalue weighted by molar-refractivity contribution is -0.131. The fraction of sp³-hybridized carbons (Fsp3) is 0.625. The average molecular weight is 410 g/mol. The van der Waals surface area contributed by atoms with E-state index >= 15 is 0 Å². The molecule has 168 valence electrons. The van der Waals surface area contributed by atoms with Gasteiger partial charge in [0.25, 0.3) is 0 Å². The summed E-state index contributed by atoms with van der Waals surface area (Å²) in [5, 5.41) is 27.5. The minimum absolute atomic E-state index is 0.139. The summed E-state index contributed by atoms with van der Waals surface area (Å²) in [4.78, 5) is 10.2. The Balaban J connectivity index is 0. The van der Waals surface area contributed by atoms with Gasteiger partial charge in [-0.2, -0.15) is 0 Å². The summed E-state index contributed by atoms with van der Waals surface area (Å²) >= 11 is 0. The van der Waals surface area contributed by atoms with Crippen LogP contribution in [0.3, 0.4) is 0 Å². The molecule has 0 amide bonds. The number of allylic oxidation sites excluding steroid dienone is 7. The predicted molar refractivity (Wildman–Crippen MR) is 123 cm³/mol. The van der Waals surface area contributed by atoms with Crippen molar-refractivity contribution in [3.05, 3.63) is 48.6 Å². The van der Waals surface area contributed by atoms with Gasteiger partial charge in [0.1, 0.15) is 0 Å². The summed E-state index contributed by atoms with van der Waals surface area (Å²) in [6.45, 7) is 3.68. The highest BCUT2D eigenvalue weighted by molar-refractivity contribution is 5.80. The highest BCUT2D eigenvalue weighted by Crippen LogP contribution is 2.10. The summed E-state index contributed by atoms with van der Waals surface area (Å²) in [6.07, 6.45) is 27.7. The number of aliphatic carboxylic acids is 1. The van der Waals surface area contributed by atoms with Crippen molar-refractivity contribution < 1.29 is 20.1 Å². The number of hydrogen-bond donors (Lipinski definition) is 4. The third kappa shape index (κ3) is 34.2. The van der Waals surface area contributed by atoms with E-state index in [4.69, 9.17) is 15.3 Å². The molecule has 0 atom stereocenters. The van der Waals surface area contributed by atoms with Crippen LogP contribution in [0.5, 0.6) is 0 Å². The molecule has 0 aliphatic carbocycles. The third-order valence-corrected chi connectivity index (χ3v) is 3.98. The van der Waals surface area contributed by atoms with E-state index in [1.807, 2.05) is 18.2 Å². The van der Waals surface area contributed by atoms with Gasteiger partial charge < -0.3 is 20.6 Å². The molecular formula is C24H43NO4. The lowest BCUT2D eigenvalue weighted by atomic mass is 10.1. The van der Waals surface area contributed by atoms with E-state index in [2.05, 4.69) is 24.4 Å². The number of aliphatic hydroxyl groups is 2. The summed E-state index contributed by atoms with van der Waals surface area (Å²) in [5.74, 6) is -0.922. The van der Waals surface area contributed by atoms with E-state index in [-0.39, 0.29) is 13.2 Å². The summed E-state index contributed by atoms with van der Waals surface area (Å²) in [6, 6.07) is 0. The maximum absolute atomic E-state index is 10.2. The van der Waals surface area contributed by atoms with E-state index in [0.717, 1.165) is 12.5 Å². The summed E-state index contributed by atoms with van der Waals surface area (Å²) < 4.78 is 0. The molecule has 0 aromatic rings. The van der Waals surface area contributed by atoms with Gasteiger partial charge in [0.05, 0.1) is 13.2 Å². The fourth-order valence-electron chi connectivity index (χ4n) is 2.43. The molecule has 29 heavy (non-hydrogen) atoms. The Kier molecular flexibility index (Phi) is 29.0. The van der Waals surface area contributed by atoms with Crippen LogP contribution in [0.15, 0.2) is 48.6 Å². The first-order valence-corrected chi connectivity index (χ1v) is 11.0. The summed E-state index contributed by atoms with van der Waals surface area (Å²) in [5.41, 5.74) is 0. The van der Waals surface area contributed by atoms with E-state index < -0.39 is 5.97 Å². The SMILES string of the molecule is CCCCCCCCCCCC=CC=CC=CC=CC(=O)O.OCCNCCO. The molecule has 0 aromatic heterocycles. The molecule has 0 aromatic carbocycles. The molecule has 0 heterocycles. The number of hydrogen-bond acceptors (Lipinski definition) is 4. The largest absolute Gasteiger partial charge is 0.478 e. The maximum atomic E-state index is 10.2. The second kappa shape index (κ2) is 28.5. The lowest BCUT2D eigenvalue weighted by Crippen LogP contribution is -2.21. The molecule has 0 saturated heterocycles. The van der Waals surface area contributed by atoms with Crippen LogP contribution in [-0.2, 0) is 4.79 Å². The van der Waals surface area contributed by atoms with Crippen LogP contribution in [-0.4, -0.2) is 47.6 Å². The van der Waals surface area contributed by atoms with Gasteiger partial charge in [-0.1, -0.05) is 101 Å². The van der Waals surface area contributed by atoms with Crippen molar-refractivity contribution >= 4 is 5.97 Å². The Morgan fingerprint density at radius 2 is 1.21 bits per heavy atom. The van der Waals surface area contributed by atoms with Gasteiger partial charge in [0.15, 0.2) is 0 Å². The Morgan fingerprint density at radius 1 is 0.724 bits per heavy atom. The first kappa shape index (κ1) is 29.5. The topological polar surface area (TPSA) is 89.8 Å². The van der Waals surface area contributed by atoms with Crippen LogP contribution in [0, 0.1) is 0 Å². The van der Waals surface area contributed by atoms with Crippen molar-refractivity contribution in [1.29, 1.82) is 0 Å². The van der Waals surface area contributed by atoms with Crippen molar-refractivity contribution in [2.45, 2.75) is 71.1 Å². The van der Waals surface area contributed by atoms with Crippen molar-refractivity contribution in [3.8, 4) is 0 Å². The fourth-order valence-corrected chi connectivity index (χ4v) is 2.43. The van der Waals surface area contributed by atoms with Gasteiger partial charge in [-0.25, -0.2) is 4.79 Å². The number of aliphatic hydroxyl groups excluding tert-OH is 2. The molecule has 5 heteroatoms. The molecule has 4 N–H and O–H groups in total. The normalized spacial score (nSPS) is 11.7. The first-order chi connectivity index (χ1) is 14.2. The Hall–Kier alpha value is -1.69. The standard InChI is InChI=1S/C20H32O2.C4H11NO2/c1-2-3-4-5-6-7-8-9-10-11-12-13-14-15-16-17-18-19-20(21)22;6-3-1-5-2-4-7/h12-19H,2-11H2,1H3,(H,21,22);5-7H,1-4H2. The monoisotopic (exact) mass is 409 g/mol. The number of carbonyl (C=O) groups is 1. The molecule has 5 nitrogen and oxygen atoms in total. The molecule has 0 fully saturated rings. The molecule has 0 aliphatic rings. The van der Waals surface area contributed by atoms with Gasteiger partial charge in [-0.05, 0) is 12.8 Å². The van der Waals surface area contributed by atoms with Crippen molar-refractivity contribution in [1.82, 2.24) is 5.32 Å². The molecule has 0 bridgehead atoms. The van der Waals surface area contributed by atoms with Crippen LogP contribution < -0.4 is 5.32 Å². The van der Waals surface area contributed by atoms with E-state index in [1.54, 1.807) is 6.08 Å². The number of unbranched alkanes of at least 4 members (excludes halogenated alkanes) is 9. The van der Waals surface area contributed by atoms with Crippen molar-refractivity contribution in [2.24, 2.45) is 0 Å². The second-order valence-electron chi connectivity index (χ2n) is 6.71. The smallest absolute Gasteiger partial charge is 0.328 e. The highest BCUT2D eigenvalue weighted by Gasteiger charge is 1.90.